The van der Waals surface area contributed by atoms with E-state index in [4.69, 9.17) is 4.74 Å². The molecule has 0 saturated heterocycles. The van der Waals surface area contributed by atoms with Crippen molar-refractivity contribution in [3.8, 4) is 0 Å². The lowest BCUT2D eigenvalue weighted by atomic mass is 9.93. The van der Waals surface area contributed by atoms with Crippen LogP contribution in [-0.4, -0.2) is 47.0 Å². The van der Waals surface area contributed by atoms with E-state index in [-0.39, 0.29) is 5.91 Å². The van der Waals surface area contributed by atoms with E-state index in [0.717, 1.165) is 16.7 Å². The molecule has 0 aliphatic rings. The third-order valence-corrected chi connectivity index (χ3v) is 4.40. The standard InChI is InChI=1S/C23H37N3O4/c1-14-12-11-13-15(2)17(14)18(19(27)25-22(4,5)6)26(10)20(28)16(3)24-21(29)30-23(7,8)9/h11-13,16,18H,1-10H3,(H,24,29)(H,25,27). The summed E-state index contributed by atoms with van der Waals surface area (Å²) in [5, 5.41) is 5.53. The maximum Gasteiger partial charge on any atom is 0.408 e. The van der Waals surface area contributed by atoms with Gasteiger partial charge in [-0.15, -0.1) is 0 Å². The van der Waals surface area contributed by atoms with Crippen LogP contribution >= 0.6 is 0 Å². The molecule has 2 N–H and O–H groups in total. The second-order valence-corrected chi connectivity index (χ2v) is 9.76. The number of nitrogens with one attached hydrogen (secondary N) is 2. The highest BCUT2D eigenvalue weighted by molar-refractivity contribution is 5.92. The first kappa shape index (κ1) is 25.5. The lowest BCUT2D eigenvalue weighted by molar-refractivity contribution is -0.141. The van der Waals surface area contributed by atoms with Crippen LogP contribution in [0.1, 0.15) is 71.2 Å². The van der Waals surface area contributed by atoms with Crippen LogP contribution in [0.25, 0.3) is 0 Å². The Balaban J connectivity index is 3.22. The number of alkyl carbamates (subject to hydrolysis) is 1. The van der Waals surface area contributed by atoms with Gasteiger partial charge in [0.2, 0.25) is 11.8 Å². The molecule has 0 heterocycles. The molecule has 0 aliphatic heterocycles. The van der Waals surface area contributed by atoms with Crippen LogP contribution in [0.5, 0.6) is 0 Å². The van der Waals surface area contributed by atoms with Gasteiger partial charge in [-0.2, -0.15) is 0 Å². The number of hydrogen-bond donors (Lipinski definition) is 2. The van der Waals surface area contributed by atoms with Gasteiger partial charge in [-0.05, 0) is 79.0 Å². The maximum absolute atomic E-state index is 13.2. The number of hydrogen-bond acceptors (Lipinski definition) is 4. The van der Waals surface area contributed by atoms with E-state index in [1.54, 1.807) is 34.7 Å². The second kappa shape index (κ2) is 9.49. The predicted octanol–water partition coefficient (Wildman–Crippen LogP) is 3.63. The SMILES string of the molecule is Cc1cccc(C)c1C(C(=O)NC(C)(C)C)N(C)C(=O)C(C)NC(=O)OC(C)(C)C. The van der Waals surface area contributed by atoms with E-state index in [2.05, 4.69) is 10.6 Å². The van der Waals surface area contributed by atoms with Gasteiger partial charge in [-0.3, -0.25) is 9.59 Å². The van der Waals surface area contributed by atoms with Gasteiger partial charge in [0.25, 0.3) is 0 Å². The first-order valence-electron chi connectivity index (χ1n) is 10.2. The van der Waals surface area contributed by atoms with Crippen molar-refractivity contribution in [1.82, 2.24) is 15.5 Å². The molecule has 0 spiro atoms. The van der Waals surface area contributed by atoms with Gasteiger partial charge in [-0.25, -0.2) is 4.79 Å². The molecule has 0 radical (unpaired) electrons. The highest BCUT2D eigenvalue weighted by Gasteiger charge is 2.35. The Kier molecular flexibility index (Phi) is 8.06. The molecule has 1 rings (SSSR count). The van der Waals surface area contributed by atoms with Crippen LogP contribution in [-0.2, 0) is 14.3 Å². The van der Waals surface area contributed by atoms with Gasteiger partial charge in [0.1, 0.15) is 17.7 Å². The minimum absolute atomic E-state index is 0.278. The lowest BCUT2D eigenvalue weighted by Gasteiger charge is -2.34. The van der Waals surface area contributed by atoms with Crippen molar-refractivity contribution in [3.63, 3.8) is 0 Å². The molecule has 0 fully saturated rings. The topological polar surface area (TPSA) is 87.7 Å². The Labute approximate surface area is 180 Å². The zero-order chi connectivity index (χ0) is 23.4. The largest absolute Gasteiger partial charge is 0.444 e. The molecule has 0 saturated carbocycles. The molecule has 2 atom stereocenters. The number of carbonyl (C=O) groups is 3. The van der Waals surface area contributed by atoms with Crippen molar-refractivity contribution in [2.45, 2.75) is 85.5 Å². The summed E-state index contributed by atoms with van der Waals surface area (Å²) in [6, 6.07) is 4.06. The fourth-order valence-corrected chi connectivity index (χ4v) is 3.18. The molecule has 0 bridgehead atoms. The average molecular weight is 420 g/mol. The van der Waals surface area contributed by atoms with Crippen LogP contribution in [0.15, 0.2) is 18.2 Å². The first-order chi connectivity index (χ1) is 13.5. The summed E-state index contributed by atoms with van der Waals surface area (Å²) in [6.07, 6.45) is -0.681. The number of benzene rings is 1. The van der Waals surface area contributed by atoms with Crippen LogP contribution in [0.3, 0.4) is 0 Å². The molecule has 168 valence electrons. The number of likely N-dealkylation sites (N-methyl/N-ethyl adjacent to an activating group) is 1. The van der Waals surface area contributed by atoms with E-state index in [1.165, 1.54) is 4.90 Å². The van der Waals surface area contributed by atoms with Crippen molar-refractivity contribution in [2.75, 3.05) is 7.05 Å². The monoisotopic (exact) mass is 419 g/mol. The van der Waals surface area contributed by atoms with E-state index >= 15 is 0 Å². The third kappa shape index (κ3) is 7.35. The van der Waals surface area contributed by atoms with Gasteiger partial charge < -0.3 is 20.3 Å². The highest BCUT2D eigenvalue weighted by atomic mass is 16.6. The summed E-state index contributed by atoms with van der Waals surface area (Å²) >= 11 is 0. The number of aryl methyl sites for hydroxylation is 2. The van der Waals surface area contributed by atoms with Crippen molar-refractivity contribution in [3.05, 3.63) is 34.9 Å². The summed E-state index contributed by atoms with van der Waals surface area (Å²) in [5.41, 5.74) is 1.47. The van der Waals surface area contributed by atoms with Gasteiger partial charge in [0.15, 0.2) is 0 Å². The molecular weight excluding hydrogens is 382 g/mol. The normalized spacial score (nSPS) is 13.8. The Bertz CT molecular complexity index is 770. The number of carbonyl (C=O) groups excluding carboxylic acids is 3. The minimum Gasteiger partial charge on any atom is -0.444 e. The molecule has 0 aliphatic carbocycles. The Hall–Kier alpha value is -2.57. The van der Waals surface area contributed by atoms with Crippen molar-refractivity contribution in [1.29, 1.82) is 0 Å². The molecule has 7 nitrogen and oxygen atoms in total. The van der Waals surface area contributed by atoms with Crippen molar-refractivity contribution < 1.29 is 19.1 Å². The quantitative estimate of drug-likeness (QED) is 0.763. The lowest BCUT2D eigenvalue weighted by Crippen LogP contribution is -2.52. The molecule has 1 aromatic carbocycles. The fraction of sp³-hybridized carbons (Fsp3) is 0.609. The summed E-state index contributed by atoms with van der Waals surface area (Å²) in [4.78, 5) is 39.8. The Morgan fingerprint density at radius 1 is 1.00 bits per heavy atom. The number of rotatable bonds is 5. The van der Waals surface area contributed by atoms with Crippen LogP contribution in [0.4, 0.5) is 4.79 Å². The van der Waals surface area contributed by atoms with Crippen LogP contribution in [0.2, 0.25) is 0 Å². The summed E-state index contributed by atoms with van der Waals surface area (Å²) in [5.74, 6) is -0.669. The van der Waals surface area contributed by atoms with Crippen molar-refractivity contribution >= 4 is 17.9 Å². The zero-order valence-corrected chi connectivity index (χ0v) is 20.0. The molecule has 2 unspecified atom stereocenters. The summed E-state index contributed by atoms with van der Waals surface area (Å²) in [6.45, 7) is 16.3. The summed E-state index contributed by atoms with van der Waals surface area (Å²) < 4.78 is 5.23. The highest BCUT2D eigenvalue weighted by Crippen LogP contribution is 2.28. The zero-order valence-electron chi connectivity index (χ0n) is 20.0. The Morgan fingerprint density at radius 2 is 1.50 bits per heavy atom. The molecule has 7 heteroatoms. The third-order valence-electron chi connectivity index (χ3n) is 4.40. The van der Waals surface area contributed by atoms with E-state index in [9.17, 15) is 14.4 Å². The van der Waals surface area contributed by atoms with Gasteiger partial charge in [0.05, 0.1) is 0 Å². The van der Waals surface area contributed by atoms with Crippen molar-refractivity contribution in [2.24, 2.45) is 0 Å². The molecule has 0 aromatic heterocycles. The number of ether oxygens (including phenoxy) is 1. The first-order valence-corrected chi connectivity index (χ1v) is 10.2. The fourth-order valence-electron chi connectivity index (χ4n) is 3.18. The van der Waals surface area contributed by atoms with E-state index in [0.29, 0.717) is 0 Å². The predicted molar refractivity (Wildman–Crippen MR) is 118 cm³/mol. The van der Waals surface area contributed by atoms with Gasteiger partial charge in [-0.1, -0.05) is 18.2 Å². The Morgan fingerprint density at radius 3 is 1.93 bits per heavy atom. The smallest absolute Gasteiger partial charge is 0.408 e. The average Bonchev–Trinajstić information content (AvgIpc) is 2.53. The van der Waals surface area contributed by atoms with Crippen LogP contribution < -0.4 is 10.6 Å². The van der Waals surface area contributed by atoms with Gasteiger partial charge >= 0.3 is 6.09 Å². The number of amides is 3. The van der Waals surface area contributed by atoms with Gasteiger partial charge in [0, 0.05) is 12.6 Å². The minimum atomic E-state index is -0.862. The molecule has 1 aromatic rings. The molecule has 30 heavy (non-hydrogen) atoms. The van der Waals surface area contributed by atoms with Crippen LogP contribution in [0, 0.1) is 13.8 Å². The molecular formula is C23H37N3O4. The summed E-state index contributed by atoms with van der Waals surface area (Å²) in [7, 11) is 1.58. The molecule has 3 amide bonds. The maximum atomic E-state index is 13.2. The van der Waals surface area contributed by atoms with E-state index < -0.39 is 35.2 Å². The van der Waals surface area contributed by atoms with E-state index in [1.807, 2.05) is 52.8 Å². The number of nitrogens with zero attached hydrogens (tertiary/aromatic N) is 1. The second-order valence-electron chi connectivity index (χ2n) is 9.76.